The Labute approximate surface area is 146 Å². The van der Waals surface area contributed by atoms with E-state index in [2.05, 4.69) is 15.3 Å². The Morgan fingerprint density at radius 3 is 2.72 bits per heavy atom. The molecule has 3 aromatic rings. The number of amides is 1. The maximum absolute atomic E-state index is 12.5. The Bertz CT molecular complexity index is 786. The number of pyridine rings is 2. The Morgan fingerprint density at radius 2 is 2.04 bits per heavy atom. The number of carbonyl (C=O) groups excluding carboxylic acids is 1. The molecule has 0 aliphatic heterocycles. The predicted molar refractivity (Wildman–Crippen MR) is 95.2 cm³/mol. The van der Waals surface area contributed by atoms with Gasteiger partial charge in [0, 0.05) is 32.2 Å². The zero-order chi connectivity index (χ0) is 17.5. The Balaban J connectivity index is 1.52. The number of aromatic nitrogens is 2. The van der Waals surface area contributed by atoms with Gasteiger partial charge in [0.25, 0.3) is 5.91 Å². The van der Waals surface area contributed by atoms with Crippen molar-refractivity contribution in [2.45, 2.75) is 13.0 Å². The van der Waals surface area contributed by atoms with Crippen LogP contribution in [0.5, 0.6) is 0 Å². The number of nitrogens with one attached hydrogen (secondary N) is 1. The van der Waals surface area contributed by atoms with Gasteiger partial charge >= 0.3 is 0 Å². The first-order valence-electron chi connectivity index (χ1n) is 8.09. The molecular formula is C19H20N4O2. The van der Waals surface area contributed by atoms with E-state index in [0.717, 1.165) is 17.7 Å². The molecule has 25 heavy (non-hydrogen) atoms. The average Bonchev–Trinajstić information content (AvgIpc) is 3.19. The van der Waals surface area contributed by atoms with Crippen molar-refractivity contribution in [3.05, 3.63) is 78.1 Å². The number of carbonyl (C=O) groups is 1. The van der Waals surface area contributed by atoms with Crippen LogP contribution in [-0.4, -0.2) is 34.4 Å². The molecule has 0 atom stereocenters. The Kier molecular flexibility index (Phi) is 5.41. The first kappa shape index (κ1) is 16.7. The minimum Gasteiger partial charge on any atom is -0.467 e. The summed E-state index contributed by atoms with van der Waals surface area (Å²) < 4.78 is 5.26. The van der Waals surface area contributed by atoms with Gasteiger partial charge in [-0.05, 0) is 48.4 Å². The molecule has 6 nitrogen and oxygen atoms in total. The van der Waals surface area contributed by atoms with Crippen molar-refractivity contribution in [3.8, 4) is 0 Å². The maximum atomic E-state index is 12.5. The first-order chi connectivity index (χ1) is 12.2. The van der Waals surface area contributed by atoms with Crippen LogP contribution in [0.2, 0.25) is 0 Å². The molecule has 1 amide bonds. The van der Waals surface area contributed by atoms with E-state index in [1.807, 2.05) is 24.3 Å². The summed E-state index contributed by atoms with van der Waals surface area (Å²) in [6.45, 7) is 1.19. The molecule has 0 saturated carbocycles. The van der Waals surface area contributed by atoms with Crippen LogP contribution in [0.25, 0.3) is 0 Å². The van der Waals surface area contributed by atoms with Crippen molar-refractivity contribution in [1.29, 1.82) is 0 Å². The maximum Gasteiger partial charge on any atom is 0.255 e. The van der Waals surface area contributed by atoms with Crippen LogP contribution in [0.15, 0.2) is 65.7 Å². The van der Waals surface area contributed by atoms with Crippen LogP contribution in [0.1, 0.15) is 21.7 Å². The fourth-order valence-corrected chi connectivity index (χ4v) is 2.38. The Morgan fingerprint density at radius 1 is 1.20 bits per heavy atom. The second kappa shape index (κ2) is 8.10. The fraction of sp³-hybridized carbons (Fsp3) is 0.211. The van der Waals surface area contributed by atoms with Crippen LogP contribution in [0.3, 0.4) is 0 Å². The van der Waals surface area contributed by atoms with E-state index in [4.69, 9.17) is 4.42 Å². The zero-order valence-electron chi connectivity index (χ0n) is 14.1. The first-order valence-corrected chi connectivity index (χ1v) is 8.09. The molecule has 0 unspecified atom stereocenters. The van der Waals surface area contributed by atoms with Crippen molar-refractivity contribution in [2.24, 2.45) is 0 Å². The van der Waals surface area contributed by atoms with E-state index in [-0.39, 0.29) is 5.91 Å². The van der Waals surface area contributed by atoms with Gasteiger partial charge in [-0.3, -0.25) is 9.78 Å². The summed E-state index contributed by atoms with van der Waals surface area (Å²) >= 11 is 0. The molecule has 6 heteroatoms. The van der Waals surface area contributed by atoms with Crippen molar-refractivity contribution in [3.63, 3.8) is 0 Å². The van der Waals surface area contributed by atoms with Crippen LogP contribution in [0.4, 0.5) is 5.82 Å². The summed E-state index contributed by atoms with van der Waals surface area (Å²) in [5.74, 6) is 1.49. The van der Waals surface area contributed by atoms with Gasteiger partial charge in [0.1, 0.15) is 11.6 Å². The van der Waals surface area contributed by atoms with Gasteiger partial charge < -0.3 is 14.6 Å². The van der Waals surface area contributed by atoms with Crippen molar-refractivity contribution >= 4 is 11.7 Å². The number of likely N-dealkylation sites (N-methyl/N-ethyl adjacent to an activating group) is 1. The van der Waals surface area contributed by atoms with Crippen LogP contribution >= 0.6 is 0 Å². The molecule has 3 aromatic heterocycles. The third-order valence-electron chi connectivity index (χ3n) is 3.87. The summed E-state index contributed by atoms with van der Waals surface area (Å²) in [5, 5.41) is 3.15. The minimum absolute atomic E-state index is 0.0425. The zero-order valence-corrected chi connectivity index (χ0v) is 14.1. The third-order valence-corrected chi connectivity index (χ3v) is 3.87. The number of rotatable bonds is 7. The molecule has 0 aliphatic carbocycles. The summed E-state index contributed by atoms with van der Waals surface area (Å²) in [6.07, 6.45) is 7.54. The van der Waals surface area contributed by atoms with Gasteiger partial charge in [0.05, 0.1) is 18.4 Å². The van der Waals surface area contributed by atoms with Gasteiger partial charge in [-0.2, -0.15) is 0 Å². The highest BCUT2D eigenvalue weighted by atomic mass is 16.3. The molecule has 0 fully saturated rings. The van der Waals surface area contributed by atoms with E-state index < -0.39 is 0 Å². The number of nitrogens with zero attached hydrogens (tertiary/aromatic N) is 3. The smallest absolute Gasteiger partial charge is 0.255 e. The molecule has 0 radical (unpaired) electrons. The lowest BCUT2D eigenvalue weighted by Gasteiger charge is -2.17. The van der Waals surface area contributed by atoms with Gasteiger partial charge in [-0.1, -0.05) is 0 Å². The molecule has 1 N–H and O–H groups in total. The summed E-state index contributed by atoms with van der Waals surface area (Å²) in [4.78, 5) is 22.4. The van der Waals surface area contributed by atoms with Crippen LogP contribution in [0, 0.1) is 0 Å². The van der Waals surface area contributed by atoms with E-state index in [0.29, 0.717) is 24.5 Å². The summed E-state index contributed by atoms with van der Waals surface area (Å²) in [6, 6.07) is 11.2. The summed E-state index contributed by atoms with van der Waals surface area (Å²) in [5.41, 5.74) is 1.73. The number of furan rings is 1. The van der Waals surface area contributed by atoms with Gasteiger partial charge in [0.2, 0.25) is 0 Å². The van der Waals surface area contributed by atoms with Crippen LogP contribution in [-0.2, 0) is 13.0 Å². The second-order valence-electron chi connectivity index (χ2n) is 5.70. The third kappa shape index (κ3) is 4.67. The van der Waals surface area contributed by atoms with Crippen molar-refractivity contribution < 1.29 is 9.21 Å². The monoisotopic (exact) mass is 336 g/mol. The highest BCUT2D eigenvalue weighted by molar-refractivity contribution is 5.93. The topological polar surface area (TPSA) is 71.3 Å². The van der Waals surface area contributed by atoms with Gasteiger partial charge in [-0.25, -0.2) is 4.98 Å². The molecule has 0 aliphatic rings. The fourth-order valence-electron chi connectivity index (χ4n) is 2.38. The molecule has 0 saturated heterocycles. The minimum atomic E-state index is -0.0425. The Hall–Kier alpha value is -3.15. The summed E-state index contributed by atoms with van der Waals surface area (Å²) in [7, 11) is 1.80. The van der Waals surface area contributed by atoms with Gasteiger partial charge in [0.15, 0.2) is 0 Å². The molecular weight excluding hydrogens is 316 g/mol. The number of anilines is 1. The lowest BCUT2D eigenvalue weighted by Crippen LogP contribution is -2.29. The number of hydrogen-bond acceptors (Lipinski definition) is 5. The molecule has 128 valence electrons. The predicted octanol–water partition coefficient (Wildman–Crippen LogP) is 3.00. The molecule has 3 heterocycles. The molecule has 0 aromatic carbocycles. The quantitative estimate of drug-likeness (QED) is 0.718. The highest BCUT2D eigenvalue weighted by Gasteiger charge is 2.12. The van der Waals surface area contributed by atoms with E-state index in [1.54, 1.807) is 48.9 Å². The average molecular weight is 336 g/mol. The standard InChI is InChI=1S/C19H20N4O2/c1-23(11-8-15-6-9-20-10-7-15)19(24)16-4-5-18(21-13-16)22-14-17-3-2-12-25-17/h2-7,9-10,12-13H,8,11,14H2,1H3,(H,21,22). The SMILES string of the molecule is CN(CCc1ccncc1)C(=O)c1ccc(NCc2ccco2)nc1. The lowest BCUT2D eigenvalue weighted by molar-refractivity contribution is 0.0796. The molecule has 0 bridgehead atoms. The van der Waals surface area contributed by atoms with Crippen LogP contribution < -0.4 is 5.32 Å². The van der Waals surface area contributed by atoms with E-state index >= 15 is 0 Å². The lowest BCUT2D eigenvalue weighted by atomic mass is 10.2. The highest BCUT2D eigenvalue weighted by Crippen LogP contribution is 2.10. The van der Waals surface area contributed by atoms with E-state index in [1.165, 1.54) is 0 Å². The second-order valence-corrected chi connectivity index (χ2v) is 5.70. The molecule has 0 spiro atoms. The largest absolute Gasteiger partial charge is 0.467 e. The van der Waals surface area contributed by atoms with Crippen molar-refractivity contribution in [1.82, 2.24) is 14.9 Å². The van der Waals surface area contributed by atoms with Crippen molar-refractivity contribution in [2.75, 3.05) is 18.9 Å². The normalized spacial score (nSPS) is 10.4. The molecule has 3 rings (SSSR count). The van der Waals surface area contributed by atoms with Gasteiger partial charge in [-0.15, -0.1) is 0 Å². The number of hydrogen-bond donors (Lipinski definition) is 1. The van der Waals surface area contributed by atoms with E-state index in [9.17, 15) is 4.79 Å².